The van der Waals surface area contributed by atoms with Crippen molar-refractivity contribution >= 4 is 23.7 Å². The largest absolute Gasteiger partial charge is 0.271 e. The van der Waals surface area contributed by atoms with Crippen LogP contribution in [-0.4, -0.2) is 32.3 Å². The van der Waals surface area contributed by atoms with Crippen LogP contribution in [0.5, 0.6) is 0 Å². The van der Waals surface area contributed by atoms with E-state index in [1.807, 2.05) is 30.3 Å². The summed E-state index contributed by atoms with van der Waals surface area (Å²) in [6.45, 7) is -0.0716. The summed E-state index contributed by atoms with van der Waals surface area (Å²) in [4.78, 5) is 13.0. The van der Waals surface area contributed by atoms with E-state index >= 15 is 0 Å². The van der Waals surface area contributed by atoms with Crippen molar-refractivity contribution in [1.82, 2.24) is 25.6 Å². The molecule has 0 aliphatic carbocycles. The number of nitrogens with zero attached hydrogens (tertiary/aromatic N) is 5. The van der Waals surface area contributed by atoms with Crippen LogP contribution >= 0.6 is 11.6 Å². The van der Waals surface area contributed by atoms with Crippen molar-refractivity contribution in [3.05, 3.63) is 65.2 Å². The van der Waals surface area contributed by atoms with E-state index in [0.29, 0.717) is 10.8 Å². The van der Waals surface area contributed by atoms with Crippen molar-refractivity contribution < 1.29 is 4.79 Å². The molecular formula is C16H13ClN6O. The van der Waals surface area contributed by atoms with Crippen LogP contribution in [0.3, 0.4) is 0 Å². The van der Waals surface area contributed by atoms with Gasteiger partial charge in [0.2, 0.25) is 5.82 Å². The Hall–Kier alpha value is -3.06. The fourth-order valence-electron chi connectivity index (χ4n) is 1.90. The van der Waals surface area contributed by atoms with Crippen molar-refractivity contribution in [3.8, 4) is 11.4 Å². The van der Waals surface area contributed by atoms with Gasteiger partial charge in [0.1, 0.15) is 6.54 Å². The first-order valence-corrected chi connectivity index (χ1v) is 7.49. The zero-order valence-corrected chi connectivity index (χ0v) is 13.3. The number of rotatable bonds is 5. The topological polar surface area (TPSA) is 85.1 Å². The third kappa shape index (κ3) is 4.23. The minimum Gasteiger partial charge on any atom is -0.271 e. The van der Waals surface area contributed by atoms with Gasteiger partial charge in [-0.3, -0.25) is 4.79 Å². The third-order valence-corrected chi connectivity index (χ3v) is 3.29. The first kappa shape index (κ1) is 15.8. The predicted octanol–water partition coefficient (Wildman–Crippen LogP) is 2.14. The van der Waals surface area contributed by atoms with E-state index < -0.39 is 0 Å². The molecule has 3 aromatic rings. The predicted molar refractivity (Wildman–Crippen MR) is 90.4 cm³/mol. The minimum absolute atomic E-state index is 0.0716. The molecule has 0 saturated carbocycles. The SMILES string of the molecule is O=C(Cn1nnc(-c2ccccc2)n1)N/N=C/c1ccc(Cl)cc1. The molecule has 0 atom stereocenters. The fourth-order valence-corrected chi connectivity index (χ4v) is 2.03. The number of amides is 1. The standard InChI is InChI=1S/C16H13ClN6O/c17-14-8-6-12(7-9-14)10-18-19-15(24)11-23-21-16(20-22-23)13-4-2-1-3-5-13/h1-10H,11H2,(H,19,24)/b18-10+. The molecule has 1 heterocycles. The van der Waals surface area contributed by atoms with Gasteiger partial charge in [-0.1, -0.05) is 54.1 Å². The van der Waals surface area contributed by atoms with Crippen LogP contribution in [0.1, 0.15) is 5.56 Å². The second kappa shape index (κ2) is 7.47. The number of carbonyl (C=O) groups excluding carboxylic acids is 1. The molecule has 2 aromatic carbocycles. The van der Waals surface area contributed by atoms with Crippen LogP contribution < -0.4 is 5.43 Å². The number of halogens is 1. The highest BCUT2D eigenvalue weighted by Crippen LogP contribution is 2.11. The van der Waals surface area contributed by atoms with Crippen molar-refractivity contribution in [2.75, 3.05) is 0 Å². The molecule has 1 amide bonds. The second-order valence-corrected chi connectivity index (χ2v) is 5.29. The van der Waals surface area contributed by atoms with E-state index in [0.717, 1.165) is 11.1 Å². The van der Waals surface area contributed by atoms with Gasteiger partial charge in [-0.15, -0.1) is 10.2 Å². The number of benzene rings is 2. The molecule has 0 radical (unpaired) electrons. The van der Waals surface area contributed by atoms with E-state index in [1.165, 1.54) is 11.0 Å². The summed E-state index contributed by atoms with van der Waals surface area (Å²) in [5.41, 5.74) is 4.07. The van der Waals surface area contributed by atoms with Crippen LogP contribution in [0.2, 0.25) is 5.02 Å². The maximum absolute atomic E-state index is 11.8. The maximum Gasteiger partial charge on any atom is 0.263 e. The lowest BCUT2D eigenvalue weighted by atomic mass is 10.2. The van der Waals surface area contributed by atoms with E-state index in [1.54, 1.807) is 24.3 Å². The molecule has 0 fully saturated rings. The number of nitrogens with one attached hydrogen (secondary N) is 1. The minimum atomic E-state index is -0.350. The third-order valence-electron chi connectivity index (χ3n) is 3.04. The number of hydrogen-bond acceptors (Lipinski definition) is 5. The number of hydrazone groups is 1. The number of hydrogen-bond donors (Lipinski definition) is 1. The van der Waals surface area contributed by atoms with Crippen molar-refractivity contribution in [1.29, 1.82) is 0 Å². The van der Waals surface area contributed by atoms with Gasteiger partial charge in [0, 0.05) is 10.6 Å². The lowest BCUT2D eigenvalue weighted by Gasteiger charge is -1.98. The summed E-state index contributed by atoms with van der Waals surface area (Å²) in [5.74, 6) is 0.116. The van der Waals surface area contributed by atoms with E-state index in [9.17, 15) is 4.79 Å². The molecule has 1 N–H and O–H groups in total. The Bertz CT molecular complexity index is 845. The second-order valence-electron chi connectivity index (χ2n) is 4.85. The highest BCUT2D eigenvalue weighted by molar-refractivity contribution is 6.30. The number of carbonyl (C=O) groups is 1. The molecule has 8 heteroatoms. The summed E-state index contributed by atoms with van der Waals surface area (Å²) in [7, 11) is 0. The first-order valence-electron chi connectivity index (χ1n) is 7.11. The summed E-state index contributed by atoms with van der Waals surface area (Å²) in [6, 6.07) is 16.5. The van der Waals surface area contributed by atoms with Crippen LogP contribution in [0.15, 0.2) is 59.7 Å². The van der Waals surface area contributed by atoms with Crippen LogP contribution in [-0.2, 0) is 11.3 Å². The van der Waals surface area contributed by atoms with Crippen molar-refractivity contribution in [3.63, 3.8) is 0 Å². The van der Waals surface area contributed by atoms with Gasteiger partial charge in [-0.2, -0.15) is 9.90 Å². The van der Waals surface area contributed by atoms with Crippen LogP contribution in [0.4, 0.5) is 0 Å². The van der Waals surface area contributed by atoms with E-state index in [2.05, 4.69) is 25.9 Å². The fraction of sp³-hybridized carbons (Fsp3) is 0.0625. The molecule has 0 spiro atoms. The molecule has 7 nitrogen and oxygen atoms in total. The quantitative estimate of drug-likeness (QED) is 0.569. The van der Waals surface area contributed by atoms with Crippen molar-refractivity contribution in [2.24, 2.45) is 5.10 Å². The Labute approximate surface area is 143 Å². The van der Waals surface area contributed by atoms with Gasteiger partial charge >= 0.3 is 0 Å². The highest BCUT2D eigenvalue weighted by Gasteiger charge is 2.08. The highest BCUT2D eigenvalue weighted by atomic mass is 35.5. The van der Waals surface area contributed by atoms with Gasteiger partial charge in [0.25, 0.3) is 5.91 Å². The zero-order chi connectivity index (χ0) is 16.8. The van der Waals surface area contributed by atoms with Gasteiger partial charge < -0.3 is 0 Å². The first-order chi connectivity index (χ1) is 11.7. The lowest BCUT2D eigenvalue weighted by molar-refractivity contribution is -0.122. The Morgan fingerprint density at radius 2 is 1.92 bits per heavy atom. The average Bonchev–Trinajstić information content (AvgIpc) is 3.06. The molecular weight excluding hydrogens is 328 g/mol. The maximum atomic E-state index is 11.8. The molecule has 0 aliphatic rings. The monoisotopic (exact) mass is 340 g/mol. The zero-order valence-electron chi connectivity index (χ0n) is 12.5. The summed E-state index contributed by atoms with van der Waals surface area (Å²) >= 11 is 5.80. The average molecular weight is 341 g/mol. The smallest absolute Gasteiger partial charge is 0.263 e. The summed E-state index contributed by atoms with van der Waals surface area (Å²) in [5, 5.41) is 16.5. The summed E-state index contributed by atoms with van der Waals surface area (Å²) in [6.07, 6.45) is 1.53. The van der Waals surface area contributed by atoms with Gasteiger partial charge in [0.15, 0.2) is 0 Å². The van der Waals surface area contributed by atoms with E-state index in [4.69, 9.17) is 11.6 Å². The molecule has 120 valence electrons. The molecule has 0 bridgehead atoms. The van der Waals surface area contributed by atoms with Gasteiger partial charge in [0.05, 0.1) is 6.21 Å². The van der Waals surface area contributed by atoms with Crippen molar-refractivity contribution in [2.45, 2.75) is 6.54 Å². The lowest BCUT2D eigenvalue weighted by Crippen LogP contribution is -2.24. The Morgan fingerprint density at radius 1 is 1.17 bits per heavy atom. The molecule has 3 rings (SSSR count). The van der Waals surface area contributed by atoms with Gasteiger partial charge in [-0.25, -0.2) is 5.43 Å². The molecule has 0 unspecified atom stereocenters. The van der Waals surface area contributed by atoms with Crippen LogP contribution in [0.25, 0.3) is 11.4 Å². The van der Waals surface area contributed by atoms with Gasteiger partial charge in [-0.05, 0) is 22.9 Å². The Kier molecular flexibility index (Phi) is 4.93. The normalized spacial score (nSPS) is 10.9. The Balaban J connectivity index is 1.55. The molecule has 0 saturated heterocycles. The summed E-state index contributed by atoms with van der Waals surface area (Å²) < 4.78 is 0. The van der Waals surface area contributed by atoms with E-state index in [-0.39, 0.29) is 12.5 Å². The molecule has 0 aliphatic heterocycles. The number of tetrazole rings is 1. The molecule has 24 heavy (non-hydrogen) atoms. The Morgan fingerprint density at radius 3 is 2.67 bits per heavy atom. The molecule has 1 aromatic heterocycles. The number of aromatic nitrogens is 4. The van der Waals surface area contributed by atoms with Crippen LogP contribution in [0, 0.1) is 0 Å².